The van der Waals surface area contributed by atoms with Crippen molar-refractivity contribution < 1.29 is 27.4 Å². The maximum absolute atomic E-state index is 13.2. The molecule has 12 heteroatoms. The number of carbonyl (C=O) groups is 3. The Bertz CT molecular complexity index is 1850. The van der Waals surface area contributed by atoms with Gasteiger partial charge < -0.3 is 16.0 Å². The van der Waals surface area contributed by atoms with Crippen molar-refractivity contribution in [1.82, 2.24) is 10.3 Å². The van der Waals surface area contributed by atoms with Gasteiger partial charge in [-0.25, -0.2) is 4.79 Å². The van der Waals surface area contributed by atoms with Crippen LogP contribution in [0.5, 0.6) is 0 Å². The molecule has 0 fully saturated rings. The number of H-pyrrole nitrogens is 1. The molecule has 0 spiro atoms. The summed E-state index contributed by atoms with van der Waals surface area (Å²) in [6, 6.07) is 16.2. The predicted molar refractivity (Wildman–Crippen MR) is 131 cm³/mol. The number of anilines is 1. The zero-order valence-electron chi connectivity index (χ0n) is 18.3. The summed E-state index contributed by atoms with van der Waals surface area (Å²) in [5.74, 6) is -1.60. The molecular formula is C24H17N5O6S. The Kier molecular flexibility index (Phi) is 6.26. The fourth-order valence-electron chi connectivity index (χ4n) is 3.83. The molecule has 1 aromatic heterocycles. The SMILES string of the molecule is N#C/C(C(=O)Nc1cccc2c(S(=O)(=O)O)cccc12)=c1/[nH]/c(=C\C(=O)NC(N)=O)c2ccccc12. The summed E-state index contributed by atoms with van der Waals surface area (Å²) in [6.07, 6.45) is 1.07. The Morgan fingerprint density at radius 1 is 0.944 bits per heavy atom. The van der Waals surface area contributed by atoms with Crippen LogP contribution in [0.15, 0.2) is 65.6 Å². The minimum Gasteiger partial charge on any atom is -0.353 e. The molecule has 0 aliphatic carbocycles. The summed E-state index contributed by atoms with van der Waals surface area (Å²) in [7, 11) is -4.52. The maximum atomic E-state index is 13.2. The van der Waals surface area contributed by atoms with Gasteiger partial charge in [-0.15, -0.1) is 0 Å². The number of benzene rings is 3. The smallest absolute Gasteiger partial charge is 0.319 e. The van der Waals surface area contributed by atoms with Crippen LogP contribution in [-0.2, 0) is 19.7 Å². The van der Waals surface area contributed by atoms with Gasteiger partial charge in [0.05, 0.1) is 10.7 Å². The largest absolute Gasteiger partial charge is 0.353 e. The first-order chi connectivity index (χ1) is 17.1. The molecule has 0 bridgehead atoms. The van der Waals surface area contributed by atoms with E-state index in [1.54, 1.807) is 30.3 Å². The van der Waals surface area contributed by atoms with Gasteiger partial charge in [-0.05, 0) is 12.1 Å². The van der Waals surface area contributed by atoms with Crippen molar-refractivity contribution in [3.63, 3.8) is 0 Å². The number of hydrogen-bond acceptors (Lipinski definition) is 6. The van der Waals surface area contributed by atoms with E-state index in [2.05, 4.69) is 10.3 Å². The topological polar surface area (TPSA) is 195 Å². The summed E-state index contributed by atoms with van der Waals surface area (Å²) in [6.45, 7) is 0. The van der Waals surface area contributed by atoms with Gasteiger partial charge in [0.15, 0.2) is 0 Å². The molecule has 1 heterocycles. The maximum Gasteiger partial charge on any atom is 0.319 e. The van der Waals surface area contributed by atoms with E-state index < -0.39 is 28.0 Å². The van der Waals surface area contributed by atoms with Crippen LogP contribution in [0.25, 0.3) is 33.2 Å². The van der Waals surface area contributed by atoms with E-state index in [0.29, 0.717) is 16.2 Å². The minimum atomic E-state index is -4.52. The van der Waals surface area contributed by atoms with Gasteiger partial charge in [0.1, 0.15) is 16.5 Å². The molecule has 0 atom stereocenters. The highest BCUT2D eigenvalue weighted by Gasteiger charge is 2.18. The Morgan fingerprint density at radius 2 is 1.58 bits per heavy atom. The van der Waals surface area contributed by atoms with Gasteiger partial charge in [0.2, 0.25) is 0 Å². The number of carbonyl (C=O) groups excluding carboxylic acids is 3. The molecule has 180 valence electrons. The molecule has 11 nitrogen and oxygen atoms in total. The summed E-state index contributed by atoms with van der Waals surface area (Å²) in [5.41, 5.74) is 4.86. The van der Waals surface area contributed by atoms with E-state index in [1.807, 2.05) is 11.4 Å². The van der Waals surface area contributed by atoms with Gasteiger partial charge in [0, 0.05) is 33.3 Å². The average Bonchev–Trinajstić information content (AvgIpc) is 3.16. The van der Waals surface area contributed by atoms with Crippen molar-refractivity contribution in [3.05, 3.63) is 71.4 Å². The number of aromatic nitrogens is 1. The lowest BCUT2D eigenvalue weighted by molar-refractivity contribution is -0.114. The molecular weight excluding hydrogens is 486 g/mol. The van der Waals surface area contributed by atoms with E-state index in [4.69, 9.17) is 5.73 Å². The Hall–Kier alpha value is -4.99. The van der Waals surface area contributed by atoms with Gasteiger partial charge >= 0.3 is 6.03 Å². The number of rotatable bonds is 4. The molecule has 36 heavy (non-hydrogen) atoms. The van der Waals surface area contributed by atoms with E-state index in [1.165, 1.54) is 30.3 Å². The quantitative estimate of drug-likeness (QED) is 0.255. The summed E-state index contributed by atoms with van der Waals surface area (Å²) in [5, 5.41) is 16.2. The Morgan fingerprint density at radius 3 is 2.25 bits per heavy atom. The molecule has 0 aliphatic rings. The van der Waals surface area contributed by atoms with Gasteiger partial charge in [-0.1, -0.05) is 48.5 Å². The number of imide groups is 1. The molecule has 0 aliphatic heterocycles. The molecule has 4 amide bonds. The number of nitrogens with one attached hydrogen (secondary N) is 3. The zero-order valence-corrected chi connectivity index (χ0v) is 19.1. The number of nitrogens with zero attached hydrogens (tertiary/aromatic N) is 1. The highest BCUT2D eigenvalue weighted by atomic mass is 32.2. The fourth-order valence-corrected chi connectivity index (χ4v) is 4.53. The van der Waals surface area contributed by atoms with Crippen LogP contribution in [0.4, 0.5) is 10.5 Å². The highest BCUT2D eigenvalue weighted by molar-refractivity contribution is 7.86. The third-order valence-electron chi connectivity index (χ3n) is 5.27. The van der Waals surface area contributed by atoms with E-state index >= 15 is 0 Å². The fraction of sp³-hybridized carbons (Fsp3) is 0. The van der Waals surface area contributed by atoms with Crippen LogP contribution in [-0.4, -0.2) is 35.8 Å². The van der Waals surface area contributed by atoms with Crippen LogP contribution in [0.3, 0.4) is 0 Å². The van der Waals surface area contributed by atoms with Crippen LogP contribution >= 0.6 is 0 Å². The monoisotopic (exact) mass is 503 g/mol. The van der Waals surface area contributed by atoms with Crippen LogP contribution in [0, 0.1) is 11.3 Å². The normalized spacial score (nSPS) is 12.7. The summed E-state index contributed by atoms with van der Waals surface area (Å²) < 4.78 is 33.0. The summed E-state index contributed by atoms with van der Waals surface area (Å²) in [4.78, 5) is 38.7. The van der Waals surface area contributed by atoms with E-state index in [9.17, 15) is 32.6 Å². The number of nitrogens with two attached hydrogens (primary N) is 1. The van der Waals surface area contributed by atoms with E-state index in [-0.39, 0.29) is 32.2 Å². The Balaban J connectivity index is 1.87. The predicted octanol–water partition coefficient (Wildman–Crippen LogP) is 0.856. The second kappa shape index (κ2) is 9.34. The zero-order chi connectivity index (χ0) is 26.0. The third kappa shape index (κ3) is 4.64. The highest BCUT2D eigenvalue weighted by Crippen LogP contribution is 2.29. The number of amides is 4. The van der Waals surface area contributed by atoms with Crippen LogP contribution < -0.4 is 27.1 Å². The lowest BCUT2D eigenvalue weighted by Gasteiger charge is -2.10. The third-order valence-corrected chi connectivity index (χ3v) is 6.18. The molecule has 4 aromatic rings. The first-order valence-corrected chi connectivity index (χ1v) is 11.7. The van der Waals surface area contributed by atoms with Crippen molar-refractivity contribution in [3.8, 4) is 6.07 Å². The lowest BCUT2D eigenvalue weighted by Crippen LogP contribution is -2.34. The number of nitriles is 1. The molecule has 4 rings (SSSR count). The standard InChI is InChI=1S/C24H17N5O6S/c25-12-17(22-16-6-2-1-5-14(16)19(27-22)11-21(30)29-24(26)32)23(31)28-18-9-3-8-15-13(18)7-4-10-20(15)36(33,34)35/h1-11,27H,(H,28,31)(H,33,34,35)(H3,26,29,30,32)/b19-11-,22-17-. The molecule has 3 aromatic carbocycles. The van der Waals surface area contributed by atoms with Gasteiger partial charge in [0.25, 0.3) is 21.9 Å². The average molecular weight is 503 g/mol. The van der Waals surface area contributed by atoms with Crippen molar-refractivity contribution in [2.75, 3.05) is 5.32 Å². The number of urea groups is 1. The van der Waals surface area contributed by atoms with E-state index in [0.717, 1.165) is 6.08 Å². The minimum absolute atomic E-state index is 0.127. The first-order valence-electron chi connectivity index (χ1n) is 10.2. The van der Waals surface area contributed by atoms with Crippen LogP contribution in [0.1, 0.15) is 0 Å². The van der Waals surface area contributed by atoms with Crippen molar-refractivity contribution >= 4 is 66.8 Å². The molecule has 6 N–H and O–H groups in total. The second-order valence-corrected chi connectivity index (χ2v) is 8.92. The van der Waals surface area contributed by atoms with Crippen molar-refractivity contribution in [2.45, 2.75) is 4.90 Å². The number of aromatic amines is 1. The number of primary amides is 1. The van der Waals surface area contributed by atoms with Gasteiger partial charge in [-0.2, -0.15) is 13.7 Å². The van der Waals surface area contributed by atoms with Gasteiger partial charge in [-0.3, -0.25) is 19.5 Å². The number of fused-ring (bicyclic) bond motifs is 2. The van der Waals surface area contributed by atoms with Crippen molar-refractivity contribution in [2.24, 2.45) is 5.73 Å². The van der Waals surface area contributed by atoms with Crippen molar-refractivity contribution in [1.29, 1.82) is 5.26 Å². The summed E-state index contributed by atoms with van der Waals surface area (Å²) >= 11 is 0. The Labute approximate surface area is 203 Å². The van der Waals surface area contributed by atoms with Crippen LogP contribution in [0.2, 0.25) is 0 Å². The molecule has 0 unspecified atom stereocenters. The number of hydrogen-bond donors (Lipinski definition) is 5. The lowest BCUT2D eigenvalue weighted by atomic mass is 10.1. The first kappa shape index (κ1) is 24.1. The molecule has 0 saturated heterocycles. The molecule has 0 radical (unpaired) electrons. The molecule has 0 saturated carbocycles. The second-order valence-electron chi connectivity index (χ2n) is 7.53.